The number of hydrogen-bond donors (Lipinski definition) is 2. The maximum Gasteiger partial charge on any atom is 0.349 e. The number of aromatic carboxylic acids is 1. The van der Waals surface area contributed by atoms with Gasteiger partial charge in [-0.3, -0.25) is 4.98 Å². The molecular formula is C10H9NO3S. The molecule has 0 aliphatic heterocycles. The summed E-state index contributed by atoms with van der Waals surface area (Å²) in [7, 11) is 0. The fourth-order valence-corrected chi connectivity index (χ4v) is 2.66. The minimum Gasteiger partial charge on any atom is -0.505 e. The first-order valence-corrected chi connectivity index (χ1v) is 5.15. The predicted octanol–water partition coefficient (Wildman–Crippen LogP) is 2.32. The molecule has 0 saturated heterocycles. The van der Waals surface area contributed by atoms with E-state index < -0.39 is 5.97 Å². The summed E-state index contributed by atoms with van der Waals surface area (Å²) in [5.41, 5.74) is 1.48. The molecule has 0 atom stereocenters. The fraction of sp³-hybridized carbons (Fsp3) is 0.200. The third-order valence-electron chi connectivity index (χ3n) is 2.15. The number of aromatic nitrogens is 1. The fourth-order valence-electron chi connectivity index (χ4n) is 1.58. The second-order valence-electron chi connectivity index (χ2n) is 3.31. The lowest BCUT2D eigenvalue weighted by Gasteiger charge is -1.98. The highest BCUT2D eigenvalue weighted by molar-refractivity contribution is 7.21. The summed E-state index contributed by atoms with van der Waals surface area (Å²) < 4.78 is 0.759. The molecule has 0 aliphatic carbocycles. The van der Waals surface area contributed by atoms with Crippen molar-refractivity contribution in [3.8, 4) is 5.75 Å². The summed E-state index contributed by atoms with van der Waals surface area (Å²) in [6.07, 6.45) is 0. The van der Waals surface area contributed by atoms with Gasteiger partial charge >= 0.3 is 5.97 Å². The van der Waals surface area contributed by atoms with Crippen molar-refractivity contribution in [1.82, 2.24) is 4.98 Å². The summed E-state index contributed by atoms with van der Waals surface area (Å²) in [5, 5.41) is 19.1. The van der Waals surface area contributed by atoms with Crippen LogP contribution >= 0.6 is 11.3 Å². The van der Waals surface area contributed by atoms with E-state index in [0.29, 0.717) is 11.1 Å². The molecule has 0 amide bonds. The average Bonchev–Trinajstić information content (AvgIpc) is 2.42. The highest BCUT2D eigenvalue weighted by Gasteiger charge is 2.19. The largest absolute Gasteiger partial charge is 0.505 e. The van der Waals surface area contributed by atoms with Gasteiger partial charge in [-0.2, -0.15) is 0 Å². The molecule has 0 saturated carbocycles. The summed E-state index contributed by atoms with van der Waals surface area (Å²) in [5.74, 6) is -1.28. The van der Waals surface area contributed by atoms with Crippen molar-refractivity contribution in [2.24, 2.45) is 0 Å². The van der Waals surface area contributed by atoms with Gasteiger partial charge in [-0.15, -0.1) is 11.3 Å². The van der Waals surface area contributed by atoms with Gasteiger partial charge in [0.05, 0.1) is 5.39 Å². The summed E-state index contributed by atoms with van der Waals surface area (Å²) in [6.45, 7) is 3.59. The van der Waals surface area contributed by atoms with Crippen molar-refractivity contribution in [3.05, 3.63) is 22.3 Å². The van der Waals surface area contributed by atoms with Gasteiger partial charge in [-0.25, -0.2) is 4.79 Å². The number of nitrogens with zero attached hydrogens (tertiary/aromatic N) is 1. The van der Waals surface area contributed by atoms with E-state index >= 15 is 0 Å². The predicted molar refractivity (Wildman–Crippen MR) is 57.7 cm³/mol. The Morgan fingerprint density at radius 1 is 1.47 bits per heavy atom. The second-order valence-corrected chi connectivity index (χ2v) is 4.36. The van der Waals surface area contributed by atoms with Crippen molar-refractivity contribution in [2.45, 2.75) is 13.8 Å². The topological polar surface area (TPSA) is 70.4 Å². The first-order chi connectivity index (χ1) is 7.00. The molecule has 0 aromatic carbocycles. The zero-order valence-electron chi connectivity index (χ0n) is 8.24. The van der Waals surface area contributed by atoms with Crippen LogP contribution in [0.1, 0.15) is 21.1 Å². The van der Waals surface area contributed by atoms with Gasteiger partial charge in [0.1, 0.15) is 0 Å². The number of rotatable bonds is 1. The normalized spacial score (nSPS) is 10.8. The average molecular weight is 223 g/mol. The van der Waals surface area contributed by atoms with Crippen LogP contribution in [-0.4, -0.2) is 21.2 Å². The van der Waals surface area contributed by atoms with E-state index in [1.165, 1.54) is 0 Å². The molecule has 2 rings (SSSR count). The van der Waals surface area contributed by atoms with E-state index in [1.807, 2.05) is 6.92 Å². The van der Waals surface area contributed by atoms with E-state index in [1.54, 1.807) is 13.0 Å². The lowest BCUT2D eigenvalue weighted by molar-refractivity contribution is 0.0699. The molecule has 0 aliphatic rings. The maximum absolute atomic E-state index is 10.8. The molecule has 5 heteroatoms. The lowest BCUT2D eigenvalue weighted by atomic mass is 10.2. The number of hydrogen-bond acceptors (Lipinski definition) is 4. The quantitative estimate of drug-likeness (QED) is 0.778. The van der Waals surface area contributed by atoms with Crippen molar-refractivity contribution in [1.29, 1.82) is 0 Å². The van der Waals surface area contributed by atoms with Crippen LogP contribution in [-0.2, 0) is 0 Å². The molecule has 4 nitrogen and oxygen atoms in total. The van der Waals surface area contributed by atoms with Crippen molar-refractivity contribution in [3.63, 3.8) is 0 Å². The van der Waals surface area contributed by atoms with Gasteiger partial charge < -0.3 is 10.2 Å². The Morgan fingerprint density at radius 3 is 2.73 bits per heavy atom. The van der Waals surface area contributed by atoms with Crippen LogP contribution in [0, 0.1) is 13.8 Å². The molecule has 78 valence electrons. The highest BCUT2D eigenvalue weighted by atomic mass is 32.1. The Balaban J connectivity index is 2.88. The van der Waals surface area contributed by atoms with Crippen molar-refractivity contribution in [2.75, 3.05) is 0 Å². The van der Waals surface area contributed by atoms with Gasteiger partial charge in [0.2, 0.25) is 0 Å². The Morgan fingerprint density at radius 2 is 2.13 bits per heavy atom. The van der Waals surface area contributed by atoms with Gasteiger partial charge in [0.25, 0.3) is 0 Å². The molecule has 15 heavy (non-hydrogen) atoms. The van der Waals surface area contributed by atoms with Crippen LogP contribution < -0.4 is 0 Å². The molecule has 2 aromatic rings. The molecule has 0 radical (unpaired) electrons. The summed E-state index contributed by atoms with van der Waals surface area (Å²) >= 11 is 1.07. The summed E-state index contributed by atoms with van der Waals surface area (Å²) in [4.78, 5) is 15.0. The van der Waals surface area contributed by atoms with Crippen molar-refractivity contribution < 1.29 is 15.0 Å². The number of thiophene rings is 1. The van der Waals surface area contributed by atoms with Gasteiger partial charge in [-0.1, -0.05) is 0 Å². The van der Waals surface area contributed by atoms with E-state index in [0.717, 1.165) is 21.7 Å². The Hall–Kier alpha value is -1.62. The van der Waals surface area contributed by atoms with Crippen LogP contribution in [0.25, 0.3) is 10.1 Å². The number of aryl methyl sites for hydroxylation is 2. The molecule has 2 N–H and O–H groups in total. The zero-order chi connectivity index (χ0) is 11.2. The van der Waals surface area contributed by atoms with Crippen LogP contribution in [0.5, 0.6) is 5.75 Å². The number of aromatic hydroxyl groups is 1. The Kier molecular flexibility index (Phi) is 2.12. The Bertz CT molecular complexity index is 559. The first kappa shape index (κ1) is 9.92. The minimum absolute atomic E-state index is 0.0273. The third kappa shape index (κ3) is 1.45. The molecule has 0 fully saturated rings. The molecule has 0 spiro atoms. The van der Waals surface area contributed by atoms with Crippen LogP contribution in [0.4, 0.5) is 0 Å². The van der Waals surface area contributed by atoms with Crippen LogP contribution in [0.15, 0.2) is 6.07 Å². The van der Waals surface area contributed by atoms with E-state index in [2.05, 4.69) is 4.98 Å². The number of carbonyl (C=O) groups is 1. The maximum atomic E-state index is 10.8. The molecule has 2 aromatic heterocycles. The van der Waals surface area contributed by atoms with Crippen molar-refractivity contribution >= 4 is 27.4 Å². The smallest absolute Gasteiger partial charge is 0.349 e. The van der Waals surface area contributed by atoms with Gasteiger partial charge in [0.15, 0.2) is 10.6 Å². The standard InChI is InChI=1S/C10H9NO3S/c1-4-3-6-7(5(2)11-4)8(12)9(15-6)10(13)14/h3,12H,1-2H3,(H,13,14). The van der Waals surface area contributed by atoms with E-state index in [9.17, 15) is 9.90 Å². The third-order valence-corrected chi connectivity index (χ3v) is 3.26. The lowest BCUT2D eigenvalue weighted by Crippen LogP contribution is -1.91. The molecule has 0 bridgehead atoms. The minimum atomic E-state index is -1.11. The monoisotopic (exact) mass is 223 g/mol. The Labute approximate surface area is 89.8 Å². The molecule has 0 unspecified atom stereocenters. The van der Waals surface area contributed by atoms with Gasteiger partial charge in [-0.05, 0) is 19.9 Å². The molecule has 2 heterocycles. The number of carboxylic acid groups (broad SMARTS) is 1. The van der Waals surface area contributed by atoms with E-state index in [4.69, 9.17) is 5.11 Å². The highest BCUT2D eigenvalue weighted by Crippen LogP contribution is 2.38. The second kappa shape index (κ2) is 3.20. The SMILES string of the molecule is Cc1cc2sc(C(=O)O)c(O)c2c(C)n1. The number of pyridine rings is 1. The zero-order valence-corrected chi connectivity index (χ0v) is 9.05. The number of carboxylic acids is 1. The molecular weight excluding hydrogens is 214 g/mol. The van der Waals surface area contributed by atoms with Crippen LogP contribution in [0.2, 0.25) is 0 Å². The van der Waals surface area contributed by atoms with E-state index in [-0.39, 0.29) is 10.6 Å². The first-order valence-electron chi connectivity index (χ1n) is 4.33. The summed E-state index contributed by atoms with van der Waals surface area (Å²) in [6, 6.07) is 1.78. The van der Waals surface area contributed by atoms with Gasteiger partial charge in [0, 0.05) is 16.1 Å². The number of fused-ring (bicyclic) bond motifs is 1. The van der Waals surface area contributed by atoms with Crippen LogP contribution in [0.3, 0.4) is 0 Å².